The molecule has 1 unspecified atom stereocenters. The highest BCUT2D eigenvalue weighted by atomic mass is 16.6. The predicted octanol–water partition coefficient (Wildman–Crippen LogP) is 1.10. The molecule has 1 heterocycles. The zero-order valence-electron chi connectivity index (χ0n) is 10.2. The Balaban J connectivity index is 1.85. The van der Waals surface area contributed by atoms with Gasteiger partial charge in [0.2, 0.25) is 0 Å². The maximum Gasteiger partial charge on any atom is 0.405 e. The summed E-state index contributed by atoms with van der Waals surface area (Å²) >= 11 is 0. The molecule has 96 valence electrons. The molecule has 5 nitrogen and oxygen atoms in total. The number of amides is 2. The minimum atomic E-state index is -0.920. The minimum Gasteiger partial charge on any atom is -0.437 e. The zero-order chi connectivity index (χ0) is 13.1. The van der Waals surface area contributed by atoms with Gasteiger partial charge in [-0.25, -0.2) is 4.79 Å². The second kappa shape index (κ2) is 5.08. The number of likely N-dealkylation sites (tertiary alicyclic amines) is 1. The van der Waals surface area contributed by atoms with E-state index in [-0.39, 0.29) is 5.91 Å². The summed E-state index contributed by atoms with van der Waals surface area (Å²) in [5, 5.41) is 0. The van der Waals surface area contributed by atoms with Gasteiger partial charge in [0.15, 0.2) is 6.10 Å². The maximum atomic E-state index is 11.8. The first kappa shape index (κ1) is 12.4. The van der Waals surface area contributed by atoms with Crippen molar-refractivity contribution in [3.63, 3.8) is 0 Å². The molecule has 1 atom stereocenters. The lowest BCUT2D eigenvalue weighted by molar-refractivity contribution is -0.143. The number of ether oxygens (including phenoxy) is 1. The molecule has 18 heavy (non-hydrogen) atoms. The van der Waals surface area contributed by atoms with Crippen LogP contribution < -0.4 is 5.73 Å². The topological polar surface area (TPSA) is 72.6 Å². The van der Waals surface area contributed by atoms with E-state index in [0.717, 1.165) is 0 Å². The molecule has 1 aromatic carbocycles. The molecule has 0 aliphatic carbocycles. The standard InChI is InChI=1S/C13H16N2O3/c1-9(18-13(14)17)12(16)15-7-11(8-15)10-5-3-2-4-6-10/h2-6,9,11H,7-8H2,1H3,(H2,14,17). The van der Waals surface area contributed by atoms with Gasteiger partial charge in [0.25, 0.3) is 5.91 Å². The molecule has 0 spiro atoms. The molecule has 5 heteroatoms. The smallest absolute Gasteiger partial charge is 0.405 e. The van der Waals surface area contributed by atoms with Crippen molar-refractivity contribution in [3.05, 3.63) is 35.9 Å². The highest BCUT2D eigenvalue weighted by molar-refractivity contribution is 5.83. The van der Waals surface area contributed by atoms with Gasteiger partial charge in [-0.1, -0.05) is 30.3 Å². The van der Waals surface area contributed by atoms with E-state index in [1.54, 1.807) is 4.90 Å². The van der Waals surface area contributed by atoms with Crippen LogP contribution in [0, 0.1) is 0 Å². The van der Waals surface area contributed by atoms with Gasteiger partial charge in [-0.3, -0.25) is 4.79 Å². The predicted molar refractivity (Wildman–Crippen MR) is 65.9 cm³/mol. The Bertz CT molecular complexity index is 441. The molecule has 1 aliphatic heterocycles. The maximum absolute atomic E-state index is 11.8. The van der Waals surface area contributed by atoms with E-state index >= 15 is 0 Å². The molecule has 1 aromatic rings. The van der Waals surface area contributed by atoms with E-state index in [9.17, 15) is 9.59 Å². The third-order valence-corrected chi connectivity index (χ3v) is 3.10. The van der Waals surface area contributed by atoms with Crippen LogP contribution in [0.2, 0.25) is 0 Å². The molecule has 0 saturated carbocycles. The first-order valence-electron chi connectivity index (χ1n) is 5.87. The second-order valence-corrected chi connectivity index (χ2v) is 4.43. The van der Waals surface area contributed by atoms with Crippen molar-refractivity contribution in [3.8, 4) is 0 Å². The first-order chi connectivity index (χ1) is 8.58. The molecule has 1 aliphatic rings. The summed E-state index contributed by atoms with van der Waals surface area (Å²) < 4.78 is 4.66. The summed E-state index contributed by atoms with van der Waals surface area (Å²) in [4.78, 5) is 24.1. The van der Waals surface area contributed by atoms with E-state index in [2.05, 4.69) is 16.9 Å². The molecular formula is C13H16N2O3. The molecule has 0 bridgehead atoms. The molecule has 1 saturated heterocycles. The Morgan fingerprint density at radius 1 is 1.33 bits per heavy atom. The summed E-state index contributed by atoms with van der Waals surface area (Å²) in [6, 6.07) is 10.0. The summed E-state index contributed by atoms with van der Waals surface area (Å²) in [5.74, 6) is 0.178. The van der Waals surface area contributed by atoms with Gasteiger partial charge in [-0.2, -0.15) is 0 Å². The number of carbonyl (C=O) groups is 2. The molecule has 2 N–H and O–H groups in total. The van der Waals surface area contributed by atoms with Crippen molar-refractivity contribution < 1.29 is 14.3 Å². The number of benzene rings is 1. The van der Waals surface area contributed by atoms with Gasteiger partial charge < -0.3 is 15.4 Å². The summed E-state index contributed by atoms with van der Waals surface area (Å²) in [6.45, 7) is 2.85. The number of hydrogen-bond acceptors (Lipinski definition) is 3. The van der Waals surface area contributed by atoms with E-state index in [0.29, 0.717) is 19.0 Å². The summed E-state index contributed by atoms with van der Waals surface area (Å²) in [5.41, 5.74) is 6.10. The number of rotatable bonds is 3. The van der Waals surface area contributed by atoms with Crippen molar-refractivity contribution >= 4 is 12.0 Å². The zero-order valence-corrected chi connectivity index (χ0v) is 10.2. The number of hydrogen-bond donors (Lipinski definition) is 1. The normalized spacial score (nSPS) is 16.8. The molecule has 2 rings (SSSR count). The van der Waals surface area contributed by atoms with E-state index < -0.39 is 12.2 Å². The van der Waals surface area contributed by atoms with E-state index in [4.69, 9.17) is 5.73 Å². The summed E-state index contributed by atoms with van der Waals surface area (Å²) in [7, 11) is 0. The van der Waals surface area contributed by atoms with Crippen LogP contribution in [0.25, 0.3) is 0 Å². The number of primary amides is 1. The highest BCUT2D eigenvalue weighted by Gasteiger charge is 2.34. The highest BCUT2D eigenvalue weighted by Crippen LogP contribution is 2.27. The van der Waals surface area contributed by atoms with Crippen LogP contribution in [0.5, 0.6) is 0 Å². The third kappa shape index (κ3) is 2.61. The van der Waals surface area contributed by atoms with Crippen LogP contribution in [-0.4, -0.2) is 36.1 Å². The van der Waals surface area contributed by atoms with Crippen LogP contribution in [0.4, 0.5) is 4.79 Å². The van der Waals surface area contributed by atoms with Gasteiger partial charge in [-0.05, 0) is 12.5 Å². The van der Waals surface area contributed by atoms with Crippen molar-refractivity contribution in [2.24, 2.45) is 5.73 Å². The van der Waals surface area contributed by atoms with Gasteiger partial charge in [-0.15, -0.1) is 0 Å². The van der Waals surface area contributed by atoms with E-state index in [1.165, 1.54) is 12.5 Å². The average molecular weight is 248 g/mol. The van der Waals surface area contributed by atoms with Crippen LogP contribution in [-0.2, 0) is 9.53 Å². The Kier molecular flexibility index (Phi) is 3.50. The Hall–Kier alpha value is -2.04. The lowest BCUT2D eigenvalue weighted by atomic mass is 9.91. The molecule has 0 radical (unpaired) electrons. The SMILES string of the molecule is CC(OC(N)=O)C(=O)N1CC(c2ccccc2)C1. The minimum absolute atomic E-state index is 0.194. The van der Waals surface area contributed by atoms with Gasteiger partial charge in [0.05, 0.1) is 0 Å². The number of nitrogens with two attached hydrogens (primary N) is 1. The Morgan fingerprint density at radius 3 is 2.50 bits per heavy atom. The third-order valence-electron chi connectivity index (χ3n) is 3.10. The van der Waals surface area contributed by atoms with E-state index in [1.807, 2.05) is 18.2 Å². The fraction of sp³-hybridized carbons (Fsp3) is 0.385. The monoisotopic (exact) mass is 248 g/mol. The van der Waals surface area contributed by atoms with Gasteiger partial charge in [0.1, 0.15) is 0 Å². The molecule has 2 amide bonds. The van der Waals surface area contributed by atoms with Gasteiger partial charge in [0, 0.05) is 19.0 Å². The van der Waals surface area contributed by atoms with Gasteiger partial charge >= 0.3 is 6.09 Å². The Labute approximate surface area is 106 Å². The quantitative estimate of drug-likeness (QED) is 0.870. The first-order valence-corrected chi connectivity index (χ1v) is 5.87. The lowest BCUT2D eigenvalue weighted by Crippen LogP contribution is -2.52. The van der Waals surface area contributed by atoms with Crippen molar-refractivity contribution in [1.82, 2.24) is 4.90 Å². The van der Waals surface area contributed by atoms with Crippen LogP contribution >= 0.6 is 0 Å². The number of carbonyl (C=O) groups excluding carboxylic acids is 2. The molecular weight excluding hydrogens is 232 g/mol. The molecule has 0 aromatic heterocycles. The number of nitrogens with zero attached hydrogens (tertiary/aromatic N) is 1. The summed E-state index contributed by atoms with van der Waals surface area (Å²) in [6.07, 6.45) is -1.73. The second-order valence-electron chi connectivity index (χ2n) is 4.43. The largest absolute Gasteiger partial charge is 0.437 e. The molecule has 1 fully saturated rings. The fourth-order valence-corrected chi connectivity index (χ4v) is 2.08. The van der Waals surface area contributed by atoms with Crippen molar-refractivity contribution in [2.75, 3.05) is 13.1 Å². The lowest BCUT2D eigenvalue weighted by Gasteiger charge is -2.40. The van der Waals surface area contributed by atoms with Crippen molar-refractivity contribution in [1.29, 1.82) is 0 Å². The van der Waals surface area contributed by atoms with Crippen molar-refractivity contribution in [2.45, 2.75) is 18.9 Å². The van der Waals surface area contributed by atoms with Crippen LogP contribution in [0.15, 0.2) is 30.3 Å². The Morgan fingerprint density at radius 2 is 1.94 bits per heavy atom. The van der Waals surface area contributed by atoms with Crippen LogP contribution in [0.3, 0.4) is 0 Å². The average Bonchev–Trinajstić information content (AvgIpc) is 2.27. The van der Waals surface area contributed by atoms with Crippen LogP contribution in [0.1, 0.15) is 18.4 Å². The fourth-order valence-electron chi connectivity index (χ4n) is 2.08.